The predicted molar refractivity (Wildman–Crippen MR) is 129 cm³/mol. The van der Waals surface area contributed by atoms with E-state index >= 15 is 0 Å². The molecule has 2 aliphatic heterocycles. The molecule has 32 heavy (non-hydrogen) atoms. The first-order valence-corrected chi connectivity index (χ1v) is 11.7. The maximum Gasteiger partial charge on any atom is 0.138 e. The molecule has 1 aromatic heterocycles. The minimum atomic E-state index is 0.0887. The first-order chi connectivity index (χ1) is 15.4. The largest absolute Gasteiger partial charge is 0.399 e. The van der Waals surface area contributed by atoms with Gasteiger partial charge in [-0.15, -0.1) is 0 Å². The second kappa shape index (κ2) is 7.07. The maximum absolute atomic E-state index is 6.11. The third-order valence-corrected chi connectivity index (χ3v) is 7.34. The summed E-state index contributed by atoms with van der Waals surface area (Å²) >= 11 is 0. The molecule has 2 fully saturated rings. The average molecular weight is 430 g/mol. The zero-order valence-electron chi connectivity index (χ0n) is 19.2. The van der Waals surface area contributed by atoms with Crippen molar-refractivity contribution in [3.63, 3.8) is 0 Å². The van der Waals surface area contributed by atoms with Gasteiger partial charge in [0.05, 0.1) is 30.2 Å². The molecule has 1 atom stereocenters. The monoisotopic (exact) mass is 429 g/mol. The lowest BCUT2D eigenvalue weighted by Gasteiger charge is -2.56. The minimum Gasteiger partial charge on any atom is -0.399 e. The smallest absolute Gasteiger partial charge is 0.138 e. The molecule has 166 valence electrons. The Kier molecular flexibility index (Phi) is 4.37. The van der Waals surface area contributed by atoms with Gasteiger partial charge in [0, 0.05) is 29.9 Å². The van der Waals surface area contributed by atoms with Gasteiger partial charge in [-0.05, 0) is 80.5 Å². The second-order valence-corrected chi connectivity index (χ2v) is 10.1. The molecule has 2 saturated heterocycles. The fourth-order valence-electron chi connectivity index (χ4n) is 5.74. The van der Waals surface area contributed by atoms with Crippen molar-refractivity contribution in [2.24, 2.45) is 5.41 Å². The number of nitrogens with one attached hydrogen (secondary N) is 1. The van der Waals surface area contributed by atoms with Crippen LogP contribution >= 0.6 is 0 Å². The molecular formula is C26H31N5O. The Labute approximate surface area is 189 Å². The summed E-state index contributed by atoms with van der Waals surface area (Å²) in [5, 5.41) is 4.81. The van der Waals surface area contributed by atoms with Crippen LogP contribution in [-0.2, 0) is 17.6 Å². The molecule has 1 aliphatic carbocycles. The lowest BCUT2D eigenvalue weighted by molar-refractivity contribution is -0.127. The van der Waals surface area contributed by atoms with Crippen molar-refractivity contribution in [3.05, 3.63) is 52.3 Å². The number of aromatic nitrogens is 2. The van der Waals surface area contributed by atoms with Crippen LogP contribution in [0.15, 0.2) is 24.3 Å². The van der Waals surface area contributed by atoms with E-state index in [4.69, 9.17) is 20.4 Å². The van der Waals surface area contributed by atoms with Crippen LogP contribution in [0, 0.1) is 19.3 Å². The van der Waals surface area contributed by atoms with Crippen LogP contribution in [0.5, 0.6) is 0 Å². The van der Waals surface area contributed by atoms with Crippen LogP contribution in [0.2, 0.25) is 0 Å². The van der Waals surface area contributed by atoms with Crippen LogP contribution in [0.3, 0.4) is 0 Å². The average Bonchev–Trinajstić information content (AvgIpc) is 3.15. The fourth-order valence-corrected chi connectivity index (χ4v) is 5.74. The molecule has 6 heteroatoms. The van der Waals surface area contributed by atoms with Gasteiger partial charge in [0.1, 0.15) is 11.6 Å². The standard InChI is InChI=1S/C26H31N5O/c1-15-7-18(9-19(27)8-15)16(2)28-25-22-10-23(31-11-26(12-31)13-32-14-26)20-5-4-6-21(20)24(22)29-17(3)30-25/h7-10,16H,4-6,11-14,27H2,1-3H3,(H,28,29,30). The molecule has 0 radical (unpaired) electrons. The van der Waals surface area contributed by atoms with Gasteiger partial charge < -0.3 is 20.7 Å². The highest BCUT2D eigenvalue weighted by molar-refractivity contribution is 5.96. The number of hydrogen-bond donors (Lipinski definition) is 2. The predicted octanol–water partition coefficient (Wildman–Crippen LogP) is 4.33. The van der Waals surface area contributed by atoms with Gasteiger partial charge in [0.2, 0.25) is 0 Å². The van der Waals surface area contributed by atoms with Crippen molar-refractivity contribution in [1.82, 2.24) is 9.97 Å². The molecule has 0 saturated carbocycles. The van der Waals surface area contributed by atoms with E-state index < -0.39 is 0 Å². The van der Waals surface area contributed by atoms with E-state index in [1.807, 2.05) is 19.1 Å². The zero-order valence-corrected chi connectivity index (χ0v) is 19.2. The molecule has 6 rings (SSSR count). The highest BCUT2D eigenvalue weighted by Crippen LogP contribution is 2.45. The number of fused-ring (bicyclic) bond motifs is 3. The number of aryl methyl sites for hydroxylation is 3. The molecule has 3 aromatic rings. The SMILES string of the molecule is Cc1cc(N)cc(C(C)Nc2nc(C)nc3c4c(c(N5CC6(COC6)C5)cc23)CCC4)c1. The van der Waals surface area contributed by atoms with Crippen molar-refractivity contribution < 1.29 is 4.74 Å². The van der Waals surface area contributed by atoms with E-state index in [2.05, 4.69) is 36.2 Å². The van der Waals surface area contributed by atoms with E-state index in [0.29, 0.717) is 5.41 Å². The highest BCUT2D eigenvalue weighted by atomic mass is 16.5. The molecule has 2 aromatic carbocycles. The number of nitrogens with two attached hydrogens (primary N) is 1. The van der Waals surface area contributed by atoms with E-state index in [1.54, 1.807) is 0 Å². The first-order valence-electron chi connectivity index (χ1n) is 11.7. The Hall–Kier alpha value is -2.86. The van der Waals surface area contributed by atoms with Crippen molar-refractivity contribution >= 4 is 28.1 Å². The van der Waals surface area contributed by atoms with Crippen LogP contribution in [0.4, 0.5) is 17.2 Å². The van der Waals surface area contributed by atoms with Crippen molar-refractivity contribution in [1.29, 1.82) is 0 Å². The number of benzene rings is 2. The Bertz CT molecular complexity index is 1200. The Morgan fingerprint density at radius 2 is 1.84 bits per heavy atom. The molecule has 1 unspecified atom stereocenters. The lowest BCUT2D eigenvalue weighted by atomic mass is 9.77. The van der Waals surface area contributed by atoms with Crippen LogP contribution in [-0.4, -0.2) is 36.3 Å². The van der Waals surface area contributed by atoms with Gasteiger partial charge in [-0.25, -0.2) is 9.97 Å². The van der Waals surface area contributed by atoms with E-state index in [-0.39, 0.29) is 6.04 Å². The Morgan fingerprint density at radius 1 is 1.06 bits per heavy atom. The van der Waals surface area contributed by atoms with Crippen LogP contribution in [0.1, 0.15) is 47.5 Å². The summed E-state index contributed by atoms with van der Waals surface area (Å²) in [6.07, 6.45) is 3.45. The van der Waals surface area contributed by atoms with Crippen LogP contribution in [0.25, 0.3) is 10.9 Å². The fraction of sp³-hybridized carbons (Fsp3) is 0.462. The normalized spacial score (nSPS) is 19.5. The summed E-state index contributed by atoms with van der Waals surface area (Å²) in [5.74, 6) is 1.73. The first kappa shape index (κ1) is 19.8. The number of nitrogen functional groups attached to an aromatic ring is 1. The van der Waals surface area contributed by atoms with Crippen LogP contribution < -0.4 is 16.0 Å². The molecule has 3 aliphatic rings. The summed E-state index contributed by atoms with van der Waals surface area (Å²) in [4.78, 5) is 12.3. The van der Waals surface area contributed by atoms with Gasteiger partial charge in [-0.1, -0.05) is 6.07 Å². The number of hydrogen-bond acceptors (Lipinski definition) is 6. The highest BCUT2D eigenvalue weighted by Gasteiger charge is 2.49. The summed E-state index contributed by atoms with van der Waals surface area (Å²) in [6.45, 7) is 10.3. The third-order valence-electron chi connectivity index (χ3n) is 7.34. The number of rotatable bonds is 4. The molecule has 3 heterocycles. The Balaban J connectivity index is 1.42. The third kappa shape index (κ3) is 3.12. The zero-order chi connectivity index (χ0) is 22.0. The summed E-state index contributed by atoms with van der Waals surface area (Å²) in [5.41, 5.74) is 15.1. The molecule has 3 N–H and O–H groups in total. The molecule has 0 bridgehead atoms. The van der Waals surface area contributed by atoms with Gasteiger partial charge in [0.15, 0.2) is 0 Å². The lowest BCUT2D eigenvalue weighted by Crippen LogP contribution is -2.66. The minimum absolute atomic E-state index is 0.0887. The number of ether oxygens (including phenoxy) is 1. The van der Waals surface area contributed by atoms with Gasteiger partial charge in [0.25, 0.3) is 0 Å². The quantitative estimate of drug-likeness (QED) is 0.602. The van der Waals surface area contributed by atoms with Gasteiger partial charge in [-0.2, -0.15) is 0 Å². The van der Waals surface area contributed by atoms with Crippen molar-refractivity contribution in [2.45, 2.75) is 46.1 Å². The number of nitrogens with zero attached hydrogens (tertiary/aromatic N) is 3. The second-order valence-electron chi connectivity index (χ2n) is 10.1. The van der Waals surface area contributed by atoms with E-state index in [1.165, 1.54) is 34.4 Å². The topological polar surface area (TPSA) is 76.3 Å². The van der Waals surface area contributed by atoms with Crippen molar-refractivity contribution in [2.75, 3.05) is 42.3 Å². The molecule has 1 spiro atoms. The van der Waals surface area contributed by atoms with Gasteiger partial charge in [-0.3, -0.25) is 0 Å². The summed E-state index contributed by atoms with van der Waals surface area (Å²) < 4.78 is 5.50. The molecule has 6 nitrogen and oxygen atoms in total. The van der Waals surface area contributed by atoms with Crippen molar-refractivity contribution in [3.8, 4) is 0 Å². The number of anilines is 3. The maximum atomic E-state index is 6.11. The molecule has 0 amide bonds. The summed E-state index contributed by atoms with van der Waals surface area (Å²) in [6, 6.07) is 8.66. The van der Waals surface area contributed by atoms with E-state index in [0.717, 1.165) is 67.4 Å². The summed E-state index contributed by atoms with van der Waals surface area (Å²) in [7, 11) is 0. The van der Waals surface area contributed by atoms with Gasteiger partial charge >= 0.3 is 0 Å². The Morgan fingerprint density at radius 3 is 2.56 bits per heavy atom. The van der Waals surface area contributed by atoms with E-state index in [9.17, 15) is 0 Å². The molecular weight excluding hydrogens is 398 g/mol.